The number of hydrogen-bond donors (Lipinski definition) is 1. The average molecular weight is 378 g/mol. The fourth-order valence-corrected chi connectivity index (χ4v) is 3.47. The van der Waals surface area contributed by atoms with Gasteiger partial charge in [0.1, 0.15) is 17.4 Å². The summed E-state index contributed by atoms with van der Waals surface area (Å²) in [4.78, 5) is 19.7. The predicted molar refractivity (Wildman–Crippen MR) is 106 cm³/mol. The number of nitrogens with one attached hydrogen (secondary N) is 1. The Bertz CT molecular complexity index is 1050. The molecule has 0 saturated carbocycles. The third-order valence-electron chi connectivity index (χ3n) is 3.72. The Balaban J connectivity index is 1.77. The number of rotatable bonds is 5. The fourth-order valence-electron chi connectivity index (χ4n) is 2.56. The zero-order valence-electron chi connectivity index (χ0n) is 15.2. The van der Waals surface area contributed by atoms with Crippen LogP contribution in [0.15, 0.2) is 36.5 Å². The van der Waals surface area contributed by atoms with Crippen molar-refractivity contribution in [2.45, 2.75) is 26.8 Å². The van der Waals surface area contributed by atoms with Crippen LogP contribution in [0.25, 0.3) is 16.3 Å². The van der Waals surface area contributed by atoms with E-state index in [9.17, 15) is 10.1 Å². The molecule has 2 aromatic heterocycles. The molecule has 3 aromatic rings. The highest BCUT2D eigenvalue weighted by Crippen LogP contribution is 2.33. The number of amides is 1. The van der Waals surface area contributed by atoms with Gasteiger partial charge in [-0.2, -0.15) is 5.26 Å². The number of thiazole rings is 1. The summed E-state index contributed by atoms with van der Waals surface area (Å²) in [5, 5.41) is 13.2. The summed E-state index contributed by atoms with van der Waals surface area (Å²) in [6.45, 7) is 5.29. The van der Waals surface area contributed by atoms with Crippen molar-refractivity contribution in [1.29, 1.82) is 5.26 Å². The van der Waals surface area contributed by atoms with Crippen molar-refractivity contribution < 1.29 is 9.53 Å². The molecule has 0 aliphatic rings. The Labute approximate surface area is 161 Å². The standard InChI is InChI=1S/C20H18N4O2S/c1-12(23-13(2)25)4-5-15-6-9-19(22-11-15)26-18-8-7-17-20(16(18)10-21)27-14(3)24-17/h4-9,11-12H,1-3H3,(H,23,25)/b5-4+/t12-/m0/s1. The third-order valence-corrected chi connectivity index (χ3v) is 4.72. The minimum absolute atomic E-state index is 0.0637. The fraction of sp³-hybridized carbons (Fsp3) is 0.200. The summed E-state index contributed by atoms with van der Waals surface area (Å²) in [6.07, 6.45) is 5.44. The molecule has 7 heteroatoms. The van der Waals surface area contributed by atoms with Crippen molar-refractivity contribution in [3.63, 3.8) is 0 Å². The largest absolute Gasteiger partial charge is 0.438 e. The molecule has 1 N–H and O–H groups in total. The number of pyridine rings is 1. The van der Waals surface area contributed by atoms with Crippen LogP contribution in [-0.2, 0) is 4.79 Å². The molecule has 1 amide bonds. The van der Waals surface area contributed by atoms with Crippen molar-refractivity contribution in [3.8, 4) is 17.7 Å². The average Bonchev–Trinajstić information content (AvgIpc) is 3.01. The number of hydrogen-bond acceptors (Lipinski definition) is 6. The molecule has 1 atom stereocenters. The van der Waals surface area contributed by atoms with E-state index in [1.165, 1.54) is 18.3 Å². The van der Waals surface area contributed by atoms with Crippen LogP contribution < -0.4 is 10.1 Å². The molecule has 3 rings (SSSR count). The quantitative estimate of drug-likeness (QED) is 0.719. The molecule has 6 nitrogen and oxygen atoms in total. The zero-order chi connectivity index (χ0) is 19.4. The van der Waals surface area contributed by atoms with Gasteiger partial charge in [0.05, 0.1) is 15.2 Å². The van der Waals surface area contributed by atoms with Gasteiger partial charge in [-0.15, -0.1) is 11.3 Å². The van der Waals surface area contributed by atoms with Gasteiger partial charge in [0.15, 0.2) is 0 Å². The predicted octanol–water partition coefficient (Wildman–Crippen LogP) is 4.20. The molecular formula is C20H18N4O2S. The lowest BCUT2D eigenvalue weighted by Gasteiger charge is -2.08. The summed E-state index contributed by atoms with van der Waals surface area (Å²) in [5.41, 5.74) is 2.14. The van der Waals surface area contributed by atoms with Crippen LogP contribution in [0.5, 0.6) is 11.6 Å². The van der Waals surface area contributed by atoms with Crippen molar-refractivity contribution >= 4 is 33.5 Å². The highest BCUT2D eigenvalue weighted by molar-refractivity contribution is 7.18. The van der Waals surface area contributed by atoms with Crippen LogP contribution in [-0.4, -0.2) is 21.9 Å². The minimum Gasteiger partial charge on any atom is -0.438 e. The molecule has 0 unspecified atom stereocenters. The Morgan fingerprint density at radius 3 is 2.85 bits per heavy atom. The molecule has 0 fully saturated rings. The number of benzene rings is 1. The van der Waals surface area contributed by atoms with E-state index in [2.05, 4.69) is 21.4 Å². The lowest BCUT2D eigenvalue weighted by molar-refractivity contribution is -0.119. The van der Waals surface area contributed by atoms with Crippen molar-refractivity contribution in [2.24, 2.45) is 0 Å². The molecule has 0 aliphatic carbocycles. The molecule has 0 radical (unpaired) electrons. The Morgan fingerprint density at radius 1 is 1.37 bits per heavy atom. The van der Waals surface area contributed by atoms with Crippen molar-refractivity contribution in [2.75, 3.05) is 0 Å². The van der Waals surface area contributed by atoms with Crippen LogP contribution in [0.1, 0.15) is 30.0 Å². The van der Waals surface area contributed by atoms with Gasteiger partial charge >= 0.3 is 0 Å². The summed E-state index contributed by atoms with van der Waals surface area (Å²) in [5.74, 6) is 0.790. The van der Waals surface area contributed by atoms with E-state index in [0.717, 1.165) is 20.8 Å². The topological polar surface area (TPSA) is 87.9 Å². The second-order valence-corrected chi connectivity index (χ2v) is 7.21. The number of carbonyl (C=O) groups is 1. The normalized spacial score (nSPS) is 12.1. The number of fused-ring (bicyclic) bond motifs is 1. The molecule has 2 heterocycles. The molecule has 0 aliphatic heterocycles. The molecule has 136 valence electrons. The van der Waals surface area contributed by atoms with E-state index in [4.69, 9.17) is 4.74 Å². The van der Waals surface area contributed by atoms with Crippen molar-refractivity contribution in [1.82, 2.24) is 15.3 Å². The third kappa shape index (κ3) is 4.49. The van der Waals surface area contributed by atoms with Crippen molar-refractivity contribution in [3.05, 3.63) is 52.7 Å². The first kappa shape index (κ1) is 18.5. The first-order chi connectivity index (χ1) is 13.0. The van der Waals surface area contributed by atoms with Gasteiger partial charge < -0.3 is 10.1 Å². The van der Waals surface area contributed by atoms with Gasteiger partial charge in [0.2, 0.25) is 11.8 Å². The molecule has 0 saturated heterocycles. The number of carbonyl (C=O) groups excluding carboxylic acids is 1. The van der Waals surface area contributed by atoms with E-state index in [-0.39, 0.29) is 11.9 Å². The number of ether oxygens (including phenoxy) is 1. The summed E-state index contributed by atoms with van der Waals surface area (Å²) in [6, 6.07) is 9.33. The summed E-state index contributed by atoms with van der Waals surface area (Å²) < 4.78 is 6.63. The number of nitrogens with zero attached hydrogens (tertiary/aromatic N) is 3. The summed E-state index contributed by atoms with van der Waals surface area (Å²) >= 11 is 1.47. The summed E-state index contributed by atoms with van der Waals surface area (Å²) in [7, 11) is 0. The first-order valence-electron chi connectivity index (χ1n) is 8.35. The minimum atomic E-state index is -0.0737. The number of nitriles is 1. The van der Waals surface area contributed by atoms with Crippen LogP contribution in [0.2, 0.25) is 0 Å². The highest BCUT2D eigenvalue weighted by atomic mass is 32.1. The molecule has 0 spiro atoms. The maximum absolute atomic E-state index is 11.0. The van der Waals surface area contributed by atoms with Gasteiger partial charge in [-0.05, 0) is 37.6 Å². The number of aromatic nitrogens is 2. The Morgan fingerprint density at radius 2 is 2.19 bits per heavy atom. The number of aryl methyl sites for hydroxylation is 1. The lowest BCUT2D eigenvalue weighted by atomic mass is 10.2. The van der Waals surface area contributed by atoms with Crippen LogP contribution in [0.4, 0.5) is 0 Å². The molecule has 1 aromatic carbocycles. The molecule has 0 bridgehead atoms. The zero-order valence-corrected chi connectivity index (χ0v) is 16.0. The second-order valence-electron chi connectivity index (χ2n) is 6.01. The van der Waals surface area contributed by atoms with Gasteiger partial charge in [0.25, 0.3) is 0 Å². The van der Waals surface area contributed by atoms with Crippen LogP contribution in [0.3, 0.4) is 0 Å². The maximum Gasteiger partial charge on any atom is 0.219 e. The first-order valence-corrected chi connectivity index (χ1v) is 9.17. The molecule has 27 heavy (non-hydrogen) atoms. The lowest BCUT2D eigenvalue weighted by Crippen LogP contribution is -2.28. The van der Waals surface area contributed by atoms with E-state index >= 15 is 0 Å². The van der Waals surface area contributed by atoms with E-state index in [1.54, 1.807) is 18.3 Å². The SMILES string of the molecule is CC(=O)N[C@@H](C)/C=C/c1ccc(Oc2ccc3nc(C)sc3c2C#N)nc1. The smallest absolute Gasteiger partial charge is 0.219 e. The van der Waals surface area contributed by atoms with Gasteiger partial charge in [-0.25, -0.2) is 9.97 Å². The van der Waals surface area contributed by atoms with E-state index < -0.39 is 0 Å². The molecular weight excluding hydrogens is 360 g/mol. The van der Waals surface area contributed by atoms with Gasteiger partial charge in [-0.3, -0.25) is 4.79 Å². The van der Waals surface area contributed by atoms with Gasteiger partial charge in [-0.1, -0.05) is 12.2 Å². The van der Waals surface area contributed by atoms with E-state index in [1.807, 2.05) is 38.1 Å². The Hall–Kier alpha value is -3.24. The Kier molecular flexibility index (Phi) is 5.48. The van der Waals surface area contributed by atoms with Crippen LogP contribution >= 0.6 is 11.3 Å². The van der Waals surface area contributed by atoms with E-state index in [0.29, 0.717) is 17.2 Å². The van der Waals surface area contributed by atoms with Gasteiger partial charge in [0, 0.05) is 25.2 Å². The van der Waals surface area contributed by atoms with Crippen LogP contribution in [0, 0.1) is 18.3 Å². The highest BCUT2D eigenvalue weighted by Gasteiger charge is 2.13. The monoisotopic (exact) mass is 378 g/mol. The maximum atomic E-state index is 11.0. The second kappa shape index (κ2) is 7.98.